The molecule has 1 saturated carbocycles. The molecule has 14 heavy (non-hydrogen) atoms. The summed E-state index contributed by atoms with van der Waals surface area (Å²) < 4.78 is 0. The van der Waals surface area contributed by atoms with Crippen molar-refractivity contribution in [1.82, 2.24) is 10.2 Å². The molecule has 82 valence electrons. The van der Waals surface area contributed by atoms with E-state index in [2.05, 4.69) is 17.3 Å². The predicted octanol–water partition coefficient (Wildman–Crippen LogP) is 2.00. The molecule has 0 bridgehead atoms. The van der Waals surface area contributed by atoms with Crippen molar-refractivity contribution in [2.45, 2.75) is 57.0 Å². The molecule has 1 N–H and O–H groups in total. The largest absolute Gasteiger partial charge is 0.317 e. The van der Waals surface area contributed by atoms with Gasteiger partial charge in [0.25, 0.3) is 0 Å². The summed E-state index contributed by atoms with van der Waals surface area (Å²) in [5, 5.41) is 3.43. The van der Waals surface area contributed by atoms with Crippen molar-refractivity contribution in [2.75, 3.05) is 20.1 Å². The minimum Gasteiger partial charge on any atom is -0.317 e. The number of nitrogens with zero attached hydrogens (tertiary/aromatic N) is 1. The second-order valence-corrected chi connectivity index (χ2v) is 4.89. The summed E-state index contributed by atoms with van der Waals surface area (Å²) in [6.45, 7) is 2.68. The third-order valence-corrected chi connectivity index (χ3v) is 4.01. The van der Waals surface area contributed by atoms with Gasteiger partial charge in [-0.3, -0.25) is 0 Å². The summed E-state index contributed by atoms with van der Waals surface area (Å²) in [5.41, 5.74) is 0. The third-order valence-electron chi connectivity index (χ3n) is 4.01. The fraction of sp³-hybridized carbons (Fsp3) is 1.00. The van der Waals surface area contributed by atoms with E-state index < -0.39 is 0 Å². The number of rotatable bonds is 2. The Kier molecular flexibility index (Phi) is 3.82. The fourth-order valence-corrected chi connectivity index (χ4v) is 3.04. The first kappa shape index (κ1) is 10.4. The summed E-state index contributed by atoms with van der Waals surface area (Å²) in [5.74, 6) is 0. The Hall–Kier alpha value is -0.0800. The van der Waals surface area contributed by atoms with Crippen LogP contribution in [0.5, 0.6) is 0 Å². The topological polar surface area (TPSA) is 15.3 Å². The van der Waals surface area contributed by atoms with Crippen LogP contribution < -0.4 is 5.32 Å². The van der Waals surface area contributed by atoms with Gasteiger partial charge in [-0.1, -0.05) is 12.8 Å². The summed E-state index contributed by atoms with van der Waals surface area (Å²) in [6.07, 6.45) is 9.98. The van der Waals surface area contributed by atoms with Gasteiger partial charge in [-0.15, -0.1) is 0 Å². The van der Waals surface area contributed by atoms with Crippen LogP contribution in [-0.4, -0.2) is 37.1 Å². The lowest BCUT2D eigenvalue weighted by molar-refractivity contribution is 0.205. The molecule has 1 heterocycles. The van der Waals surface area contributed by atoms with Crippen LogP contribution in [0.2, 0.25) is 0 Å². The van der Waals surface area contributed by atoms with Crippen LogP contribution in [0.1, 0.15) is 44.9 Å². The van der Waals surface area contributed by atoms with Gasteiger partial charge >= 0.3 is 0 Å². The van der Waals surface area contributed by atoms with Crippen molar-refractivity contribution in [2.24, 2.45) is 0 Å². The SMILES string of the molecule is CNC1CCCN(C2CCCC2)CC1. The van der Waals surface area contributed by atoms with Crippen molar-refractivity contribution in [3.05, 3.63) is 0 Å². The van der Waals surface area contributed by atoms with E-state index in [1.165, 1.54) is 58.0 Å². The summed E-state index contributed by atoms with van der Waals surface area (Å²) in [6, 6.07) is 1.71. The molecular weight excluding hydrogens is 172 g/mol. The smallest absolute Gasteiger partial charge is 0.00952 e. The molecule has 1 atom stereocenters. The van der Waals surface area contributed by atoms with Crippen molar-refractivity contribution >= 4 is 0 Å². The third kappa shape index (κ3) is 2.48. The average Bonchev–Trinajstić information content (AvgIpc) is 2.63. The lowest BCUT2D eigenvalue weighted by Gasteiger charge is -2.27. The van der Waals surface area contributed by atoms with Gasteiger partial charge in [0.1, 0.15) is 0 Å². The first-order valence-electron chi connectivity index (χ1n) is 6.31. The van der Waals surface area contributed by atoms with Crippen LogP contribution in [0.15, 0.2) is 0 Å². The highest BCUT2D eigenvalue weighted by Crippen LogP contribution is 2.25. The maximum atomic E-state index is 3.43. The van der Waals surface area contributed by atoms with E-state index >= 15 is 0 Å². The highest BCUT2D eigenvalue weighted by Gasteiger charge is 2.24. The van der Waals surface area contributed by atoms with Gasteiger partial charge < -0.3 is 10.2 Å². The molecule has 0 amide bonds. The first-order valence-corrected chi connectivity index (χ1v) is 6.31. The molecule has 0 aromatic carbocycles. The van der Waals surface area contributed by atoms with Gasteiger partial charge in [0.2, 0.25) is 0 Å². The quantitative estimate of drug-likeness (QED) is 0.727. The zero-order chi connectivity index (χ0) is 9.80. The molecule has 1 aliphatic heterocycles. The summed E-state index contributed by atoms with van der Waals surface area (Å²) in [7, 11) is 2.11. The van der Waals surface area contributed by atoms with E-state index in [9.17, 15) is 0 Å². The average molecular weight is 196 g/mol. The van der Waals surface area contributed by atoms with E-state index in [0.717, 1.165) is 12.1 Å². The second-order valence-electron chi connectivity index (χ2n) is 4.89. The maximum Gasteiger partial charge on any atom is 0.00952 e. The van der Waals surface area contributed by atoms with Crippen LogP contribution in [0.3, 0.4) is 0 Å². The highest BCUT2D eigenvalue weighted by atomic mass is 15.2. The van der Waals surface area contributed by atoms with Crippen molar-refractivity contribution in [1.29, 1.82) is 0 Å². The molecule has 2 nitrogen and oxygen atoms in total. The van der Waals surface area contributed by atoms with E-state index in [1.807, 2.05) is 0 Å². The Labute approximate surface area is 88.1 Å². The Morgan fingerprint density at radius 3 is 2.43 bits per heavy atom. The first-order chi connectivity index (χ1) is 6.90. The lowest BCUT2D eigenvalue weighted by Crippen LogP contribution is -2.35. The van der Waals surface area contributed by atoms with Crippen molar-refractivity contribution in [3.63, 3.8) is 0 Å². The summed E-state index contributed by atoms with van der Waals surface area (Å²) >= 11 is 0. The van der Waals surface area contributed by atoms with Gasteiger partial charge in [0.15, 0.2) is 0 Å². The Morgan fingerprint density at radius 2 is 1.71 bits per heavy atom. The monoisotopic (exact) mass is 196 g/mol. The predicted molar refractivity (Wildman–Crippen MR) is 60.5 cm³/mol. The standard InChI is InChI=1S/C12H24N2/c1-13-11-5-4-9-14(10-8-11)12-6-2-3-7-12/h11-13H,2-10H2,1H3. The highest BCUT2D eigenvalue weighted by molar-refractivity contribution is 4.81. The van der Waals surface area contributed by atoms with E-state index in [1.54, 1.807) is 0 Å². The zero-order valence-electron chi connectivity index (χ0n) is 9.47. The van der Waals surface area contributed by atoms with Gasteiger partial charge in [0, 0.05) is 12.1 Å². The minimum absolute atomic E-state index is 0.779. The molecule has 2 rings (SSSR count). The van der Waals surface area contributed by atoms with Crippen LogP contribution in [0, 0.1) is 0 Å². The fourth-order valence-electron chi connectivity index (χ4n) is 3.04. The zero-order valence-corrected chi connectivity index (χ0v) is 9.47. The van der Waals surface area contributed by atoms with Crippen LogP contribution in [0.4, 0.5) is 0 Å². The maximum absolute atomic E-state index is 3.43. The minimum atomic E-state index is 0.779. The van der Waals surface area contributed by atoms with E-state index in [-0.39, 0.29) is 0 Å². The normalized spacial score (nSPS) is 31.9. The van der Waals surface area contributed by atoms with E-state index in [4.69, 9.17) is 0 Å². The lowest BCUT2D eigenvalue weighted by atomic mass is 10.1. The molecule has 0 aromatic heterocycles. The number of likely N-dealkylation sites (tertiary alicyclic amines) is 1. The molecule has 2 aliphatic rings. The van der Waals surface area contributed by atoms with Crippen LogP contribution >= 0.6 is 0 Å². The van der Waals surface area contributed by atoms with Gasteiger partial charge in [-0.05, 0) is 52.2 Å². The summed E-state index contributed by atoms with van der Waals surface area (Å²) in [4.78, 5) is 2.75. The number of hydrogen-bond acceptors (Lipinski definition) is 2. The Balaban J connectivity index is 1.82. The Bertz CT molecular complexity index is 164. The van der Waals surface area contributed by atoms with E-state index in [0.29, 0.717) is 0 Å². The van der Waals surface area contributed by atoms with Gasteiger partial charge in [-0.2, -0.15) is 0 Å². The Morgan fingerprint density at radius 1 is 0.929 bits per heavy atom. The molecule has 1 unspecified atom stereocenters. The van der Waals surface area contributed by atoms with Gasteiger partial charge in [0.05, 0.1) is 0 Å². The molecule has 0 aromatic rings. The van der Waals surface area contributed by atoms with Crippen LogP contribution in [-0.2, 0) is 0 Å². The molecule has 0 spiro atoms. The van der Waals surface area contributed by atoms with Gasteiger partial charge in [-0.25, -0.2) is 0 Å². The molecule has 1 aliphatic carbocycles. The molecule has 2 heteroatoms. The van der Waals surface area contributed by atoms with Crippen molar-refractivity contribution < 1.29 is 0 Å². The molecule has 0 radical (unpaired) electrons. The second kappa shape index (κ2) is 5.13. The molecule has 2 fully saturated rings. The van der Waals surface area contributed by atoms with Crippen LogP contribution in [0.25, 0.3) is 0 Å². The number of nitrogens with one attached hydrogen (secondary N) is 1. The molecule has 1 saturated heterocycles. The van der Waals surface area contributed by atoms with Crippen molar-refractivity contribution in [3.8, 4) is 0 Å². The number of hydrogen-bond donors (Lipinski definition) is 1. The molecular formula is C12H24N2.